The molecule has 0 unspecified atom stereocenters. The smallest absolute Gasteiger partial charge is 0.337 e. The largest absolute Gasteiger partial charge is 0.497 e. The minimum absolute atomic E-state index is 0.0793. The Morgan fingerprint density at radius 1 is 0.857 bits per heavy atom. The first-order valence-electron chi connectivity index (χ1n) is 8.25. The van der Waals surface area contributed by atoms with Crippen molar-refractivity contribution in [3.8, 4) is 11.5 Å². The zero-order valence-electron chi connectivity index (χ0n) is 15.6. The number of hydrogen-bond donors (Lipinski definition) is 1. The number of ether oxygens (including phenoxy) is 3. The van der Waals surface area contributed by atoms with Crippen LogP contribution in [0.1, 0.15) is 10.4 Å². The van der Waals surface area contributed by atoms with Crippen LogP contribution in [0.4, 0.5) is 5.69 Å². The van der Waals surface area contributed by atoms with Crippen LogP contribution >= 0.6 is 0 Å². The van der Waals surface area contributed by atoms with E-state index in [1.165, 1.54) is 38.5 Å². The molecule has 3 aromatic carbocycles. The highest BCUT2D eigenvalue weighted by Gasteiger charge is 2.19. The summed E-state index contributed by atoms with van der Waals surface area (Å²) < 4.78 is 43.3. The summed E-state index contributed by atoms with van der Waals surface area (Å²) in [6.45, 7) is 0. The highest BCUT2D eigenvalue weighted by molar-refractivity contribution is 7.92. The number of esters is 1. The van der Waals surface area contributed by atoms with Gasteiger partial charge in [-0.15, -0.1) is 0 Å². The van der Waals surface area contributed by atoms with Crippen LogP contribution in [0.15, 0.2) is 59.5 Å². The van der Waals surface area contributed by atoms with Crippen LogP contribution in [-0.2, 0) is 14.8 Å². The quantitative estimate of drug-likeness (QED) is 0.636. The van der Waals surface area contributed by atoms with Crippen molar-refractivity contribution >= 4 is 32.5 Å². The van der Waals surface area contributed by atoms with E-state index in [9.17, 15) is 13.2 Å². The van der Waals surface area contributed by atoms with E-state index in [-0.39, 0.29) is 21.9 Å². The van der Waals surface area contributed by atoms with Crippen molar-refractivity contribution in [3.05, 3.63) is 60.2 Å². The Balaban J connectivity index is 1.99. The molecule has 0 fully saturated rings. The Morgan fingerprint density at radius 3 is 2.25 bits per heavy atom. The van der Waals surface area contributed by atoms with E-state index in [2.05, 4.69) is 9.46 Å². The molecule has 0 saturated heterocycles. The molecule has 0 aliphatic heterocycles. The van der Waals surface area contributed by atoms with Gasteiger partial charge in [0.15, 0.2) is 0 Å². The third-order valence-electron chi connectivity index (χ3n) is 4.19. The van der Waals surface area contributed by atoms with E-state index in [4.69, 9.17) is 9.47 Å². The van der Waals surface area contributed by atoms with E-state index in [1.807, 2.05) is 6.07 Å². The second-order valence-corrected chi connectivity index (χ2v) is 7.57. The number of fused-ring (bicyclic) bond motifs is 1. The lowest BCUT2D eigenvalue weighted by Gasteiger charge is -2.13. The first kappa shape index (κ1) is 19.5. The van der Waals surface area contributed by atoms with Gasteiger partial charge in [-0.2, -0.15) is 0 Å². The van der Waals surface area contributed by atoms with Crippen molar-refractivity contribution in [2.24, 2.45) is 0 Å². The average molecular weight is 401 g/mol. The summed E-state index contributed by atoms with van der Waals surface area (Å²) in [7, 11) is 0.315. The molecule has 0 aromatic heterocycles. The van der Waals surface area contributed by atoms with Crippen LogP contribution in [-0.4, -0.2) is 35.7 Å². The van der Waals surface area contributed by atoms with Gasteiger partial charge in [-0.1, -0.05) is 12.1 Å². The van der Waals surface area contributed by atoms with Crippen molar-refractivity contribution in [1.82, 2.24) is 0 Å². The van der Waals surface area contributed by atoms with Gasteiger partial charge in [0.2, 0.25) is 0 Å². The molecule has 0 atom stereocenters. The Hall–Kier alpha value is -3.26. The minimum Gasteiger partial charge on any atom is -0.497 e. The van der Waals surface area contributed by atoms with Gasteiger partial charge in [-0.3, -0.25) is 4.72 Å². The monoisotopic (exact) mass is 401 g/mol. The molecule has 146 valence electrons. The molecule has 28 heavy (non-hydrogen) atoms. The summed E-state index contributed by atoms with van der Waals surface area (Å²) in [4.78, 5) is 11.8. The van der Waals surface area contributed by atoms with Gasteiger partial charge in [0.1, 0.15) is 11.5 Å². The Labute approximate surface area is 162 Å². The molecule has 0 amide bonds. The second-order valence-electron chi connectivity index (χ2n) is 5.89. The molecular weight excluding hydrogens is 382 g/mol. The summed E-state index contributed by atoms with van der Waals surface area (Å²) in [6.07, 6.45) is 0. The molecule has 3 aromatic rings. The third kappa shape index (κ3) is 3.86. The summed E-state index contributed by atoms with van der Waals surface area (Å²) in [5.74, 6) is 0.384. The van der Waals surface area contributed by atoms with Crippen LogP contribution in [0.3, 0.4) is 0 Å². The van der Waals surface area contributed by atoms with Crippen molar-refractivity contribution in [1.29, 1.82) is 0 Å². The van der Waals surface area contributed by atoms with E-state index in [0.29, 0.717) is 5.75 Å². The topological polar surface area (TPSA) is 90.9 Å². The summed E-state index contributed by atoms with van der Waals surface area (Å²) >= 11 is 0. The van der Waals surface area contributed by atoms with Crippen LogP contribution in [0.2, 0.25) is 0 Å². The lowest BCUT2D eigenvalue weighted by atomic mass is 10.1. The number of benzene rings is 3. The fourth-order valence-electron chi connectivity index (χ4n) is 2.73. The minimum atomic E-state index is -3.92. The van der Waals surface area contributed by atoms with Gasteiger partial charge in [-0.05, 0) is 53.2 Å². The summed E-state index contributed by atoms with van der Waals surface area (Å²) in [5, 5.41) is 1.60. The van der Waals surface area contributed by atoms with Crippen molar-refractivity contribution in [2.45, 2.75) is 4.90 Å². The molecule has 1 N–H and O–H groups in total. The SMILES string of the molecule is COC(=O)c1ccc(OC)c(NS(=O)(=O)c2ccc3cc(OC)ccc3c2)c1. The predicted octanol–water partition coefficient (Wildman–Crippen LogP) is 3.44. The van der Waals surface area contributed by atoms with Crippen LogP contribution in [0, 0.1) is 0 Å². The maximum Gasteiger partial charge on any atom is 0.337 e. The van der Waals surface area contributed by atoms with Crippen LogP contribution < -0.4 is 14.2 Å². The molecule has 8 heteroatoms. The first-order chi connectivity index (χ1) is 13.4. The number of methoxy groups -OCH3 is 3. The van der Waals surface area contributed by atoms with Crippen LogP contribution in [0.25, 0.3) is 10.8 Å². The normalized spacial score (nSPS) is 11.1. The lowest BCUT2D eigenvalue weighted by Crippen LogP contribution is -2.14. The number of sulfonamides is 1. The van der Waals surface area contributed by atoms with E-state index < -0.39 is 16.0 Å². The molecule has 0 radical (unpaired) electrons. The van der Waals surface area contributed by atoms with E-state index in [0.717, 1.165) is 10.8 Å². The van der Waals surface area contributed by atoms with Crippen LogP contribution in [0.5, 0.6) is 11.5 Å². The van der Waals surface area contributed by atoms with E-state index in [1.54, 1.807) is 31.4 Å². The maximum absolute atomic E-state index is 12.9. The Bertz CT molecular complexity index is 1140. The van der Waals surface area contributed by atoms with Crippen molar-refractivity contribution < 1.29 is 27.4 Å². The second kappa shape index (κ2) is 7.77. The average Bonchev–Trinajstić information content (AvgIpc) is 2.71. The number of carbonyl (C=O) groups is 1. The predicted molar refractivity (Wildman–Crippen MR) is 106 cm³/mol. The van der Waals surface area contributed by atoms with Crippen molar-refractivity contribution in [3.63, 3.8) is 0 Å². The molecule has 0 bridgehead atoms. The Kier molecular flexibility index (Phi) is 5.41. The number of hydrogen-bond acceptors (Lipinski definition) is 6. The molecule has 0 aliphatic rings. The maximum atomic E-state index is 12.9. The number of carbonyl (C=O) groups excluding carboxylic acids is 1. The molecule has 0 spiro atoms. The molecule has 3 rings (SSSR count). The highest BCUT2D eigenvalue weighted by atomic mass is 32.2. The Morgan fingerprint density at radius 2 is 1.57 bits per heavy atom. The molecular formula is C20H19NO6S. The molecule has 0 aliphatic carbocycles. The van der Waals surface area contributed by atoms with Gasteiger partial charge in [-0.25, -0.2) is 13.2 Å². The first-order valence-corrected chi connectivity index (χ1v) is 9.73. The zero-order valence-corrected chi connectivity index (χ0v) is 16.4. The molecule has 7 nitrogen and oxygen atoms in total. The fraction of sp³-hybridized carbons (Fsp3) is 0.150. The van der Waals surface area contributed by atoms with E-state index >= 15 is 0 Å². The van der Waals surface area contributed by atoms with Gasteiger partial charge in [0.25, 0.3) is 10.0 Å². The number of rotatable bonds is 6. The molecule has 0 saturated carbocycles. The summed E-state index contributed by atoms with van der Waals surface area (Å²) in [6, 6.07) is 14.5. The van der Waals surface area contributed by atoms with Gasteiger partial charge in [0, 0.05) is 0 Å². The number of nitrogens with one attached hydrogen (secondary N) is 1. The third-order valence-corrected chi connectivity index (χ3v) is 5.56. The summed E-state index contributed by atoms with van der Waals surface area (Å²) in [5.41, 5.74) is 0.340. The zero-order chi connectivity index (χ0) is 20.3. The number of anilines is 1. The lowest BCUT2D eigenvalue weighted by molar-refractivity contribution is 0.0600. The van der Waals surface area contributed by atoms with Gasteiger partial charge >= 0.3 is 5.97 Å². The highest BCUT2D eigenvalue weighted by Crippen LogP contribution is 2.30. The van der Waals surface area contributed by atoms with Gasteiger partial charge < -0.3 is 14.2 Å². The molecule has 0 heterocycles. The standard InChI is InChI=1S/C20H19NO6S/c1-25-16-7-4-14-11-17(8-5-13(14)10-16)28(23,24)21-18-12-15(20(22)27-3)6-9-19(18)26-2/h4-12,21H,1-3H3. The fourth-order valence-corrected chi connectivity index (χ4v) is 3.83. The van der Waals surface area contributed by atoms with Crippen molar-refractivity contribution in [2.75, 3.05) is 26.1 Å². The van der Waals surface area contributed by atoms with Gasteiger partial charge in [0.05, 0.1) is 37.5 Å².